The number of aliphatic hydroxyl groups excluding tert-OH is 1. The Morgan fingerprint density at radius 3 is 1.75 bits per heavy atom. The van der Waals surface area contributed by atoms with Crippen molar-refractivity contribution in [2.75, 3.05) is 0 Å². The summed E-state index contributed by atoms with van der Waals surface area (Å²) >= 11 is 0. The fraction of sp³-hybridized carbons (Fsp3) is 0.917. The standard InChI is InChI=1S/C12H26O3Si/c1-11(2,3)15-9(13)10(14)16(7,8)12(4,5)6/h10,14H,1-8H3. The van der Waals surface area contributed by atoms with Crippen molar-refractivity contribution in [3.05, 3.63) is 0 Å². The van der Waals surface area contributed by atoms with E-state index in [0.717, 1.165) is 0 Å². The van der Waals surface area contributed by atoms with Crippen LogP contribution in [0.3, 0.4) is 0 Å². The van der Waals surface area contributed by atoms with Gasteiger partial charge in [0.2, 0.25) is 0 Å². The van der Waals surface area contributed by atoms with Gasteiger partial charge in [-0.05, 0) is 25.8 Å². The molecule has 0 aromatic carbocycles. The van der Waals surface area contributed by atoms with Gasteiger partial charge in [0.25, 0.3) is 0 Å². The molecule has 16 heavy (non-hydrogen) atoms. The van der Waals surface area contributed by atoms with Crippen molar-refractivity contribution in [2.45, 2.75) is 71.0 Å². The Bertz CT molecular complexity index is 258. The molecule has 0 radical (unpaired) electrons. The van der Waals surface area contributed by atoms with Gasteiger partial charge in [-0.2, -0.15) is 0 Å². The van der Waals surface area contributed by atoms with Gasteiger partial charge in [0.1, 0.15) is 19.4 Å². The third-order valence-electron chi connectivity index (χ3n) is 3.25. The fourth-order valence-corrected chi connectivity index (χ4v) is 2.53. The minimum absolute atomic E-state index is 0.0384. The zero-order valence-electron chi connectivity index (χ0n) is 11.8. The Hall–Kier alpha value is -0.353. The molecule has 0 aliphatic carbocycles. The van der Waals surface area contributed by atoms with Crippen LogP contribution in [0.4, 0.5) is 0 Å². The van der Waals surface area contributed by atoms with Crippen LogP contribution < -0.4 is 0 Å². The van der Waals surface area contributed by atoms with E-state index in [1.165, 1.54) is 0 Å². The molecule has 0 aliphatic heterocycles. The summed E-state index contributed by atoms with van der Waals surface area (Å²) in [6.07, 6.45) is 0. The normalized spacial score (nSPS) is 15.8. The molecule has 0 heterocycles. The number of aliphatic hydroxyl groups is 1. The van der Waals surface area contributed by atoms with Gasteiger partial charge in [0.05, 0.1) is 0 Å². The Kier molecular flexibility index (Phi) is 4.39. The second-order valence-electron chi connectivity index (χ2n) is 6.91. The van der Waals surface area contributed by atoms with E-state index in [0.29, 0.717) is 0 Å². The second-order valence-corrected chi connectivity index (χ2v) is 12.4. The van der Waals surface area contributed by atoms with E-state index in [9.17, 15) is 9.90 Å². The number of hydrogen-bond donors (Lipinski definition) is 1. The van der Waals surface area contributed by atoms with Crippen LogP contribution in [0, 0.1) is 0 Å². The Morgan fingerprint density at radius 1 is 1.12 bits per heavy atom. The van der Waals surface area contributed by atoms with Gasteiger partial charge in [-0.25, -0.2) is 4.79 Å². The monoisotopic (exact) mass is 246 g/mol. The lowest BCUT2D eigenvalue weighted by Crippen LogP contribution is -2.54. The maximum absolute atomic E-state index is 11.8. The van der Waals surface area contributed by atoms with E-state index in [4.69, 9.17) is 4.74 Å². The molecule has 0 aliphatic rings. The Morgan fingerprint density at radius 2 is 1.50 bits per heavy atom. The van der Waals surface area contributed by atoms with Crippen molar-refractivity contribution in [1.82, 2.24) is 0 Å². The van der Waals surface area contributed by atoms with Crippen molar-refractivity contribution < 1.29 is 14.6 Å². The van der Waals surface area contributed by atoms with E-state index in [1.807, 2.05) is 33.9 Å². The number of carbonyl (C=O) groups excluding carboxylic acids is 1. The lowest BCUT2D eigenvalue weighted by atomic mass is 10.2. The number of ether oxygens (including phenoxy) is 1. The summed E-state index contributed by atoms with van der Waals surface area (Å²) in [6.45, 7) is 15.6. The largest absolute Gasteiger partial charge is 0.458 e. The highest BCUT2D eigenvalue weighted by Crippen LogP contribution is 2.38. The quantitative estimate of drug-likeness (QED) is 0.602. The van der Waals surface area contributed by atoms with Crippen molar-refractivity contribution in [1.29, 1.82) is 0 Å². The van der Waals surface area contributed by atoms with Crippen LogP contribution in [0.2, 0.25) is 18.1 Å². The van der Waals surface area contributed by atoms with Crippen molar-refractivity contribution in [3.63, 3.8) is 0 Å². The molecule has 96 valence electrons. The maximum atomic E-state index is 11.8. The first-order chi connectivity index (χ1) is 6.79. The van der Waals surface area contributed by atoms with Crippen LogP contribution in [0.25, 0.3) is 0 Å². The fourth-order valence-electron chi connectivity index (χ4n) is 1.06. The molecule has 1 N–H and O–H groups in total. The highest BCUT2D eigenvalue weighted by molar-refractivity contribution is 6.83. The molecular weight excluding hydrogens is 220 g/mol. The van der Waals surface area contributed by atoms with Crippen molar-refractivity contribution >= 4 is 14.0 Å². The smallest absolute Gasteiger partial charge is 0.331 e. The van der Waals surface area contributed by atoms with E-state index in [1.54, 1.807) is 0 Å². The van der Waals surface area contributed by atoms with Gasteiger partial charge in [0.15, 0.2) is 0 Å². The van der Waals surface area contributed by atoms with Crippen molar-refractivity contribution in [3.8, 4) is 0 Å². The summed E-state index contributed by atoms with van der Waals surface area (Å²) in [5, 5.41) is 10.1. The van der Waals surface area contributed by atoms with Crippen LogP contribution in [0.5, 0.6) is 0 Å². The van der Waals surface area contributed by atoms with Gasteiger partial charge in [0, 0.05) is 0 Å². The summed E-state index contributed by atoms with van der Waals surface area (Å²) in [4.78, 5) is 11.8. The first-order valence-corrected chi connectivity index (χ1v) is 8.78. The average molecular weight is 246 g/mol. The predicted molar refractivity (Wildman–Crippen MR) is 69.0 cm³/mol. The van der Waals surface area contributed by atoms with E-state index < -0.39 is 25.4 Å². The van der Waals surface area contributed by atoms with Crippen LogP contribution in [-0.4, -0.2) is 30.5 Å². The van der Waals surface area contributed by atoms with Gasteiger partial charge >= 0.3 is 5.97 Å². The summed E-state index contributed by atoms with van der Waals surface area (Å²) in [5.41, 5.74) is -1.51. The number of esters is 1. The summed E-state index contributed by atoms with van der Waals surface area (Å²) in [6, 6.07) is 0. The summed E-state index contributed by atoms with van der Waals surface area (Å²) in [7, 11) is -2.09. The number of carbonyl (C=O) groups is 1. The maximum Gasteiger partial charge on any atom is 0.331 e. The molecule has 0 aromatic heterocycles. The first-order valence-electron chi connectivity index (χ1n) is 5.70. The summed E-state index contributed by atoms with van der Waals surface area (Å²) in [5.74, 6) is -0.487. The molecule has 0 bridgehead atoms. The van der Waals surface area contributed by atoms with Gasteiger partial charge < -0.3 is 9.84 Å². The molecule has 1 unspecified atom stereocenters. The first kappa shape index (κ1) is 15.6. The Labute approximate surface area is 100 Å². The van der Waals surface area contributed by atoms with Gasteiger partial charge in [-0.15, -0.1) is 0 Å². The molecule has 0 spiro atoms. The zero-order valence-corrected chi connectivity index (χ0v) is 12.8. The number of rotatable bonds is 2. The van der Waals surface area contributed by atoms with Crippen LogP contribution >= 0.6 is 0 Å². The van der Waals surface area contributed by atoms with Crippen LogP contribution in [0.15, 0.2) is 0 Å². The van der Waals surface area contributed by atoms with Crippen LogP contribution in [0.1, 0.15) is 41.5 Å². The zero-order chi connectivity index (χ0) is 13.4. The Balaban J connectivity index is 4.81. The number of hydrogen-bond acceptors (Lipinski definition) is 3. The molecule has 0 aromatic rings. The molecular formula is C12H26O3Si. The highest BCUT2D eigenvalue weighted by atomic mass is 28.3. The topological polar surface area (TPSA) is 46.5 Å². The van der Waals surface area contributed by atoms with Crippen LogP contribution in [-0.2, 0) is 9.53 Å². The van der Waals surface area contributed by atoms with E-state index >= 15 is 0 Å². The predicted octanol–water partition coefficient (Wildman–Crippen LogP) is 2.74. The van der Waals surface area contributed by atoms with Crippen molar-refractivity contribution in [2.24, 2.45) is 0 Å². The molecule has 1 atom stereocenters. The lowest BCUT2D eigenvalue weighted by Gasteiger charge is -2.39. The third kappa shape index (κ3) is 3.90. The third-order valence-corrected chi connectivity index (χ3v) is 8.72. The summed E-state index contributed by atoms with van der Waals surface area (Å²) < 4.78 is 5.23. The second kappa shape index (κ2) is 4.49. The molecule has 0 fully saturated rings. The minimum Gasteiger partial charge on any atom is -0.458 e. The highest BCUT2D eigenvalue weighted by Gasteiger charge is 2.46. The minimum atomic E-state index is -2.09. The van der Waals surface area contributed by atoms with E-state index in [2.05, 4.69) is 20.8 Å². The molecule has 0 saturated heterocycles. The molecule has 0 rings (SSSR count). The SMILES string of the molecule is CC(C)(C)OC(=O)C(O)[Si](C)(C)C(C)(C)C. The van der Waals surface area contributed by atoms with Gasteiger partial charge in [-0.3, -0.25) is 0 Å². The lowest BCUT2D eigenvalue weighted by molar-refractivity contribution is -0.161. The average Bonchev–Trinajstić information content (AvgIpc) is 1.97. The molecule has 0 amide bonds. The van der Waals surface area contributed by atoms with Gasteiger partial charge in [-0.1, -0.05) is 33.9 Å². The molecule has 4 heteroatoms. The van der Waals surface area contributed by atoms with E-state index in [-0.39, 0.29) is 5.04 Å². The molecule has 3 nitrogen and oxygen atoms in total. The molecule has 0 saturated carbocycles.